The topological polar surface area (TPSA) is 41.6 Å². The number of nitrogens with zero attached hydrogens (tertiary/aromatic N) is 1. The Kier molecular flexibility index (Phi) is 4.76. The highest BCUT2D eigenvalue weighted by Crippen LogP contribution is 2.38. The number of rotatable bonds is 3. The Hall–Kier alpha value is -1.55. The van der Waals surface area contributed by atoms with Crippen molar-refractivity contribution in [3.8, 4) is 0 Å². The van der Waals surface area contributed by atoms with Gasteiger partial charge < -0.3 is 15.0 Å². The number of nitrogens with one attached hydrogen (secondary N) is 1. The normalized spacial score (nSPS) is 21.2. The summed E-state index contributed by atoms with van der Waals surface area (Å²) in [4.78, 5) is 14.2. The van der Waals surface area contributed by atoms with Crippen LogP contribution in [0.5, 0.6) is 0 Å². The summed E-state index contributed by atoms with van der Waals surface area (Å²) in [5, 5.41) is 3.26. The first-order valence-corrected chi connectivity index (χ1v) is 8.06. The number of amides is 1. The number of hydrogen-bond donors (Lipinski definition) is 1. The first-order valence-electron chi connectivity index (χ1n) is 8.06. The van der Waals surface area contributed by atoms with Crippen molar-refractivity contribution in [2.45, 2.75) is 31.8 Å². The van der Waals surface area contributed by atoms with E-state index in [0.29, 0.717) is 5.92 Å². The Bertz CT molecular complexity index is 451. The molecule has 1 amide bonds. The Labute approximate surface area is 126 Å². The summed E-state index contributed by atoms with van der Waals surface area (Å²) in [7, 11) is 0. The van der Waals surface area contributed by atoms with Crippen molar-refractivity contribution in [1.29, 1.82) is 0 Å². The summed E-state index contributed by atoms with van der Waals surface area (Å²) in [5.41, 5.74) is 1.13. The first kappa shape index (κ1) is 14.4. The first-order chi connectivity index (χ1) is 10.3. The molecule has 0 bridgehead atoms. The quantitative estimate of drug-likeness (QED) is 0.929. The fraction of sp³-hybridized carbons (Fsp3) is 0.588. The van der Waals surface area contributed by atoms with Gasteiger partial charge in [-0.05, 0) is 18.4 Å². The highest BCUT2D eigenvalue weighted by atomic mass is 16.6. The standard InChI is InChI=1S/C17H24N2O2/c20-17(19-12-10-18-11-13-19)21-16(15-8-4-5-9-15)14-6-2-1-3-7-14/h1-3,6-7,15-16,18H,4-5,8-13H2. The molecule has 3 rings (SSSR count). The van der Waals surface area contributed by atoms with Crippen LogP contribution in [0.4, 0.5) is 4.79 Å². The summed E-state index contributed by atoms with van der Waals surface area (Å²) in [6.07, 6.45) is 4.58. The van der Waals surface area contributed by atoms with Crippen molar-refractivity contribution in [2.24, 2.45) is 5.92 Å². The molecule has 1 aromatic rings. The Morgan fingerprint density at radius 3 is 2.48 bits per heavy atom. The van der Waals surface area contributed by atoms with Gasteiger partial charge in [-0.15, -0.1) is 0 Å². The largest absolute Gasteiger partial charge is 0.441 e. The lowest BCUT2D eigenvalue weighted by atomic mass is 9.94. The van der Waals surface area contributed by atoms with E-state index >= 15 is 0 Å². The van der Waals surface area contributed by atoms with E-state index in [2.05, 4.69) is 17.4 Å². The van der Waals surface area contributed by atoms with Crippen LogP contribution in [0.1, 0.15) is 37.4 Å². The lowest BCUT2D eigenvalue weighted by Crippen LogP contribution is -2.47. The van der Waals surface area contributed by atoms with Crippen LogP contribution in [-0.4, -0.2) is 37.2 Å². The minimum absolute atomic E-state index is 0.0870. The van der Waals surface area contributed by atoms with E-state index in [9.17, 15) is 4.79 Å². The molecule has 1 saturated carbocycles. The lowest BCUT2D eigenvalue weighted by molar-refractivity contribution is 0.0323. The highest BCUT2D eigenvalue weighted by Gasteiger charge is 2.31. The summed E-state index contributed by atoms with van der Waals surface area (Å²) in [6.45, 7) is 3.19. The predicted octanol–water partition coefficient (Wildman–Crippen LogP) is 2.96. The van der Waals surface area contributed by atoms with Crippen molar-refractivity contribution in [2.75, 3.05) is 26.2 Å². The molecule has 2 aliphatic rings. The zero-order chi connectivity index (χ0) is 14.5. The van der Waals surface area contributed by atoms with E-state index in [1.54, 1.807) is 0 Å². The molecule has 2 fully saturated rings. The minimum Gasteiger partial charge on any atom is -0.441 e. The predicted molar refractivity (Wildman–Crippen MR) is 82.1 cm³/mol. The van der Waals surface area contributed by atoms with Gasteiger partial charge >= 0.3 is 6.09 Å². The molecule has 1 heterocycles. The molecule has 1 aromatic carbocycles. The second-order valence-electron chi connectivity index (χ2n) is 6.00. The molecule has 1 saturated heterocycles. The molecule has 1 unspecified atom stereocenters. The van der Waals surface area contributed by atoms with E-state index in [-0.39, 0.29) is 12.2 Å². The van der Waals surface area contributed by atoms with Gasteiger partial charge in [-0.3, -0.25) is 0 Å². The maximum atomic E-state index is 12.4. The SMILES string of the molecule is O=C(OC(c1ccccc1)C1CCCC1)N1CCNCC1. The van der Waals surface area contributed by atoms with Gasteiger partial charge in [-0.25, -0.2) is 4.79 Å². The van der Waals surface area contributed by atoms with Gasteiger partial charge in [0.05, 0.1) is 0 Å². The molecule has 0 spiro atoms. The van der Waals surface area contributed by atoms with E-state index in [1.165, 1.54) is 12.8 Å². The zero-order valence-corrected chi connectivity index (χ0v) is 12.5. The van der Waals surface area contributed by atoms with Gasteiger partial charge in [0.2, 0.25) is 0 Å². The third-order valence-corrected chi connectivity index (χ3v) is 4.56. The third-order valence-electron chi connectivity index (χ3n) is 4.56. The van der Waals surface area contributed by atoms with E-state index < -0.39 is 0 Å². The number of ether oxygens (including phenoxy) is 1. The van der Waals surface area contributed by atoms with Gasteiger partial charge in [0.15, 0.2) is 0 Å². The number of piperazine rings is 1. The monoisotopic (exact) mass is 288 g/mol. The summed E-state index contributed by atoms with van der Waals surface area (Å²) in [5.74, 6) is 0.472. The second-order valence-corrected chi connectivity index (χ2v) is 6.00. The van der Waals surface area contributed by atoms with Crippen molar-refractivity contribution in [1.82, 2.24) is 10.2 Å². The van der Waals surface area contributed by atoms with Crippen LogP contribution < -0.4 is 5.32 Å². The van der Waals surface area contributed by atoms with Crippen LogP contribution in [-0.2, 0) is 4.74 Å². The van der Waals surface area contributed by atoms with Crippen LogP contribution >= 0.6 is 0 Å². The Balaban J connectivity index is 1.71. The van der Waals surface area contributed by atoms with Crippen molar-refractivity contribution >= 4 is 6.09 Å². The molecule has 1 aliphatic heterocycles. The second kappa shape index (κ2) is 6.94. The summed E-state index contributed by atoms with van der Waals surface area (Å²) < 4.78 is 5.92. The number of carbonyl (C=O) groups is 1. The number of hydrogen-bond acceptors (Lipinski definition) is 3. The van der Waals surface area contributed by atoms with Crippen molar-refractivity contribution in [3.05, 3.63) is 35.9 Å². The smallest absolute Gasteiger partial charge is 0.410 e. The lowest BCUT2D eigenvalue weighted by Gasteiger charge is -2.31. The van der Waals surface area contributed by atoms with Gasteiger partial charge in [0.1, 0.15) is 6.10 Å². The fourth-order valence-electron chi connectivity index (χ4n) is 3.37. The molecule has 4 nitrogen and oxygen atoms in total. The van der Waals surface area contributed by atoms with Crippen LogP contribution in [0, 0.1) is 5.92 Å². The average Bonchev–Trinajstić information content (AvgIpc) is 3.08. The maximum absolute atomic E-state index is 12.4. The van der Waals surface area contributed by atoms with Crippen molar-refractivity contribution in [3.63, 3.8) is 0 Å². The summed E-state index contributed by atoms with van der Waals surface area (Å²) in [6, 6.07) is 10.2. The number of benzene rings is 1. The molecule has 114 valence electrons. The fourth-order valence-corrected chi connectivity index (χ4v) is 3.37. The van der Waals surface area contributed by atoms with Gasteiger partial charge in [-0.2, -0.15) is 0 Å². The third kappa shape index (κ3) is 3.56. The van der Waals surface area contributed by atoms with E-state index in [0.717, 1.165) is 44.6 Å². The minimum atomic E-state index is -0.155. The van der Waals surface area contributed by atoms with Gasteiger partial charge in [-0.1, -0.05) is 43.2 Å². The highest BCUT2D eigenvalue weighted by molar-refractivity contribution is 5.68. The molecular formula is C17H24N2O2. The Morgan fingerprint density at radius 1 is 1.14 bits per heavy atom. The summed E-state index contributed by atoms with van der Waals surface area (Å²) >= 11 is 0. The average molecular weight is 288 g/mol. The molecule has 21 heavy (non-hydrogen) atoms. The number of carbonyl (C=O) groups excluding carboxylic acids is 1. The molecule has 1 N–H and O–H groups in total. The van der Waals surface area contributed by atoms with Crippen LogP contribution in [0.25, 0.3) is 0 Å². The van der Waals surface area contributed by atoms with Crippen molar-refractivity contribution < 1.29 is 9.53 Å². The molecular weight excluding hydrogens is 264 g/mol. The molecule has 1 aliphatic carbocycles. The molecule has 4 heteroatoms. The zero-order valence-electron chi connectivity index (χ0n) is 12.5. The van der Waals surface area contributed by atoms with Gasteiger partial charge in [0, 0.05) is 32.1 Å². The molecule has 1 atom stereocenters. The van der Waals surface area contributed by atoms with Crippen LogP contribution in [0.15, 0.2) is 30.3 Å². The van der Waals surface area contributed by atoms with Crippen LogP contribution in [0.2, 0.25) is 0 Å². The maximum Gasteiger partial charge on any atom is 0.410 e. The van der Waals surface area contributed by atoms with E-state index in [1.807, 2.05) is 23.1 Å². The Morgan fingerprint density at radius 2 is 1.81 bits per heavy atom. The molecule has 0 aromatic heterocycles. The molecule has 0 radical (unpaired) electrons. The van der Waals surface area contributed by atoms with E-state index in [4.69, 9.17) is 4.74 Å². The van der Waals surface area contributed by atoms with Gasteiger partial charge in [0.25, 0.3) is 0 Å². The van der Waals surface area contributed by atoms with Crippen LogP contribution in [0.3, 0.4) is 0 Å².